The van der Waals surface area contributed by atoms with Crippen LogP contribution in [0.3, 0.4) is 0 Å². The predicted octanol–water partition coefficient (Wildman–Crippen LogP) is 4.29. The molecular formula is C24H38N4O6. The number of hydrogen-bond acceptors (Lipinski definition) is 7. The van der Waals surface area contributed by atoms with Crippen LogP contribution in [0, 0.1) is 16.0 Å². The number of benzene rings is 1. The van der Waals surface area contributed by atoms with Crippen molar-refractivity contribution in [2.45, 2.75) is 65.5 Å². The molecule has 2 rings (SSSR count). The number of nitrogens with one attached hydrogen (secondary N) is 1. The second kappa shape index (κ2) is 12.0. The largest absolute Gasteiger partial charge is 0.494 e. The molecule has 10 nitrogen and oxygen atoms in total. The van der Waals surface area contributed by atoms with E-state index in [9.17, 15) is 19.7 Å². The first kappa shape index (κ1) is 27.4. The van der Waals surface area contributed by atoms with Crippen molar-refractivity contribution in [1.29, 1.82) is 0 Å². The van der Waals surface area contributed by atoms with E-state index >= 15 is 0 Å². The molecule has 0 saturated carbocycles. The molecule has 1 heterocycles. The van der Waals surface area contributed by atoms with Crippen molar-refractivity contribution >= 4 is 23.4 Å². The number of nitro groups is 1. The Morgan fingerprint density at radius 2 is 2.03 bits per heavy atom. The number of amides is 2. The lowest BCUT2D eigenvalue weighted by Gasteiger charge is -2.37. The number of ether oxygens (including phenoxy) is 2. The Morgan fingerprint density at radius 3 is 2.62 bits per heavy atom. The first-order chi connectivity index (χ1) is 15.9. The SMILES string of the molecule is COc1cc([N+](=O)[O-])ccc1NC(=O)CCN1CCCC(CN(C(=O)OC(C)(C)C)C(C)C)C1. The first-order valence-electron chi connectivity index (χ1n) is 11.7. The number of hydrogen-bond donors (Lipinski definition) is 1. The normalized spacial score (nSPS) is 16.7. The molecule has 1 saturated heterocycles. The molecule has 1 fully saturated rings. The van der Waals surface area contributed by atoms with Gasteiger partial charge in [0.15, 0.2) is 0 Å². The quantitative estimate of drug-likeness (QED) is 0.416. The Kier molecular flexibility index (Phi) is 9.66. The van der Waals surface area contributed by atoms with Crippen LogP contribution in [-0.2, 0) is 9.53 Å². The summed E-state index contributed by atoms with van der Waals surface area (Å²) in [5.74, 6) is 0.366. The number of anilines is 1. The van der Waals surface area contributed by atoms with Gasteiger partial charge in [0.2, 0.25) is 5.91 Å². The molecule has 34 heavy (non-hydrogen) atoms. The number of carbonyl (C=O) groups is 2. The van der Waals surface area contributed by atoms with Crippen LogP contribution in [0.1, 0.15) is 53.9 Å². The number of nitro benzene ring substituents is 1. The van der Waals surface area contributed by atoms with Crippen molar-refractivity contribution < 1.29 is 24.0 Å². The van der Waals surface area contributed by atoms with Crippen molar-refractivity contribution in [2.75, 3.05) is 38.6 Å². The highest BCUT2D eigenvalue weighted by Crippen LogP contribution is 2.29. The van der Waals surface area contributed by atoms with Crippen LogP contribution in [-0.4, -0.2) is 71.7 Å². The van der Waals surface area contributed by atoms with Gasteiger partial charge in [-0.2, -0.15) is 0 Å². The van der Waals surface area contributed by atoms with Crippen molar-refractivity contribution in [3.05, 3.63) is 28.3 Å². The van der Waals surface area contributed by atoms with Gasteiger partial charge >= 0.3 is 6.09 Å². The summed E-state index contributed by atoms with van der Waals surface area (Å²) >= 11 is 0. The zero-order valence-corrected chi connectivity index (χ0v) is 21.1. The molecule has 0 spiro atoms. The van der Waals surface area contributed by atoms with E-state index in [2.05, 4.69) is 10.2 Å². The average Bonchev–Trinajstić information content (AvgIpc) is 2.75. The third-order valence-electron chi connectivity index (χ3n) is 5.63. The zero-order valence-electron chi connectivity index (χ0n) is 21.1. The highest BCUT2D eigenvalue weighted by molar-refractivity contribution is 5.92. The molecule has 1 unspecified atom stereocenters. The second-order valence-corrected chi connectivity index (χ2v) is 9.98. The molecule has 0 aromatic heterocycles. The maximum Gasteiger partial charge on any atom is 0.410 e. The predicted molar refractivity (Wildman–Crippen MR) is 130 cm³/mol. The van der Waals surface area contributed by atoms with E-state index in [0.717, 1.165) is 25.9 Å². The molecule has 0 bridgehead atoms. The van der Waals surface area contributed by atoms with Crippen LogP contribution < -0.4 is 10.1 Å². The summed E-state index contributed by atoms with van der Waals surface area (Å²) in [6.45, 7) is 12.5. The van der Waals surface area contributed by atoms with Crippen LogP contribution in [0.2, 0.25) is 0 Å². The molecule has 190 valence electrons. The van der Waals surface area contributed by atoms with Gasteiger partial charge in [0.25, 0.3) is 5.69 Å². The summed E-state index contributed by atoms with van der Waals surface area (Å²) in [5.41, 5.74) is -0.238. The maximum atomic E-state index is 12.6. The smallest absolute Gasteiger partial charge is 0.410 e. The van der Waals surface area contributed by atoms with Gasteiger partial charge in [-0.15, -0.1) is 0 Å². The Balaban J connectivity index is 1.89. The molecule has 1 aliphatic heterocycles. The number of likely N-dealkylation sites (tertiary alicyclic amines) is 1. The number of methoxy groups -OCH3 is 1. The number of nitrogens with zero attached hydrogens (tertiary/aromatic N) is 3. The van der Waals surface area contributed by atoms with Gasteiger partial charge in [0.1, 0.15) is 11.4 Å². The number of carbonyl (C=O) groups excluding carboxylic acids is 2. The number of non-ortho nitro benzene ring substituents is 1. The van der Waals surface area contributed by atoms with E-state index in [1.165, 1.54) is 25.3 Å². The second-order valence-electron chi connectivity index (χ2n) is 9.98. The van der Waals surface area contributed by atoms with E-state index < -0.39 is 10.5 Å². The lowest BCUT2D eigenvalue weighted by molar-refractivity contribution is -0.384. The number of piperidine rings is 1. The molecule has 1 aromatic carbocycles. The first-order valence-corrected chi connectivity index (χ1v) is 11.7. The molecule has 1 aromatic rings. The summed E-state index contributed by atoms with van der Waals surface area (Å²) in [6, 6.07) is 4.13. The van der Waals surface area contributed by atoms with E-state index in [-0.39, 0.29) is 35.9 Å². The molecule has 0 radical (unpaired) electrons. The minimum absolute atomic E-state index is 0.0349. The fourth-order valence-electron chi connectivity index (χ4n) is 3.97. The fraction of sp³-hybridized carbons (Fsp3) is 0.667. The molecule has 1 atom stereocenters. The highest BCUT2D eigenvalue weighted by Gasteiger charge is 2.29. The summed E-state index contributed by atoms with van der Waals surface area (Å²) < 4.78 is 10.8. The molecule has 1 N–H and O–H groups in total. The van der Waals surface area contributed by atoms with Gasteiger partial charge in [-0.05, 0) is 66.0 Å². The minimum atomic E-state index is -0.539. The average molecular weight is 479 g/mol. The van der Waals surface area contributed by atoms with Gasteiger partial charge in [-0.25, -0.2) is 4.79 Å². The summed E-state index contributed by atoms with van der Waals surface area (Å²) in [4.78, 5) is 39.6. The van der Waals surface area contributed by atoms with Gasteiger partial charge in [-0.3, -0.25) is 14.9 Å². The topological polar surface area (TPSA) is 114 Å². The van der Waals surface area contributed by atoms with Gasteiger partial charge in [0.05, 0.1) is 23.8 Å². The summed E-state index contributed by atoms with van der Waals surface area (Å²) in [7, 11) is 1.40. The fourth-order valence-corrected chi connectivity index (χ4v) is 3.97. The van der Waals surface area contributed by atoms with Crippen LogP contribution in [0.4, 0.5) is 16.2 Å². The Labute approximate surface area is 201 Å². The van der Waals surface area contributed by atoms with Crippen molar-refractivity contribution in [3.63, 3.8) is 0 Å². The van der Waals surface area contributed by atoms with Crippen LogP contribution in [0.5, 0.6) is 5.75 Å². The Hall–Kier alpha value is -2.88. The van der Waals surface area contributed by atoms with Crippen LogP contribution in [0.25, 0.3) is 0 Å². The highest BCUT2D eigenvalue weighted by atomic mass is 16.6. The van der Waals surface area contributed by atoms with Gasteiger partial charge < -0.3 is 24.6 Å². The lowest BCUT2D eigenvalue weighted by atomic mass is 9.97. The molecule has 0 aliphatic carbocycles. The van der Waals surface area contributed by atoms with Crippen LogP contribution in [0.15, 0.2) is 18.2 Å². The Bertz CT molecular complexity index is 868. The monoisotopic (exact) mass is 478 g/mol. The van der Waals surface area contributed by atoms with E-state index in [1.54, 1.807) is 4.90 Å². The Morgan fingerprint density at radius 1 is 1.32 bits per heavy atom. The maximum absolute atomic E-state index is 12.6. The number of rotatable bonds is 9. The van der Waals surface area contributed by atoms with Crippen molar-refractivity contribution in [3.8, 4) is 5.75 Å². The van der Waals surface area contributed by atoms with Crippen LogP contribution >= 0.6 is 0 Å². The molecule has 10 heteroatoms. The minimum Gasteiger partial charge on any atom is -0.494 e. The van der Waals surface area contributed by atoms with Crippen molar-refractivity contribution in [2.24, 2.45) is 5.92 Å². The third-order valence-corrected chi connectivity index (χ3v) is 5.63. The molecule has 1 aliphatic rings. The summed E-state index contributed by atoms with van der Waals surface area (Å²) in [6.07, 6.45) is 2.01. The van der Waals surface area contributed by atoms with E-state index in [0.29, 0.717) is 24.7 Å². The van der Waals surface area contributed by atoms with Crippen molar-refractivity contribution in [1.82, 2.24) is 9.80 Å². The molecular weight excluding hydrogens is 440 g/mol. The standard InChI is InChI=1S/C24H38N4O6/c1-17(2)27(23(30)34-24(3,4)5)16-18-8-7-12-26(15-18)13-11-22(29)25-20-10-9-19(28(31)32)14-21(20)33-6/h9-10,14,17-18H,7-8,11-13,15-16H2,1-6H3,(H,25,29). The lowest BCUT2D eigenvalue weighted by Crippen LogP contribution is -2.47. The van der Waals surface area contributed by atoms with E-state index in [1.807, 2.05) is 34.6 Å². The van der Waals surface area contributed by atoms with Gasteiger partial charge in [-0.1, -0.05) is 0 Å². The zero-order chi connectivity index (χ0) is 25.5. The van der Waals surface area contributed by atoms with Gasteiger partial charge in [0, 0.05) is 38.2 Å². The summed E-state index contributed by atoms with van der Waals surface area (Å²) in [5, 5.41) is 13.7. The third kappa shape index (κ3) is 8.48. The molecule has 2 amide bonds. The van der Waals surface area contributed by atoms with E-state index in [4.69, 9.17) is 9.47 Å².